The fourth-order valence-electron chi connectivity index (χ4n) is 13.2. The number of phosphoric acid groups is 2. The standard InChI is InChI=1S/C85H166O17P2/c1-7-10-12-14-16-18-20-21-22-23-24-25-26-27-34-39-45-51-57-63-69-84(89)102-81(74-96-83(88)68-62-56-50-44-38-33-29-28-32-37-42-48-54-60-66-78(6)9-3)76-100-104(93,94)98-72-79(86)71-97-103(91,92)99-75-80(73-95-82(87)67-61-55-49-43-19-17-15-13-11-8-2)101-85(90)70-64-58-52-46-40-35-30-31-36-41-47-53-59-65-77(4)5/h77-81,86H,7-76H2,1-6H3,(H,91,92)(H,93,94)/t78?,79-,80+,81+/m0/s1. The van der Waals surface area contributed by atoms with Gasteiger partial charge in [-0.2, -0.15) is 0 Å². The minimum atomic E-state index is -4.96. The molecule has 618 valence electrons. The molecule has 0 amide bonds. The topological polar surface area (TPSA) is 237 Å². The Morgan fingerprint density at radius 2 is 0.490 bits per heavy atom. The largest absolute Gasteiger partial charge is 0.472 e. The van der Waals surface area contributed by atoms with E-state index in [2.05, 4.69) is 41.5 Å². The van der Waals surface area contributed by atoms with Crippen LogP contribution >= 0.6 is 15.6 Å². The second-order valence-electron chi connectivity index (χ2n) is 31.3. The summed E-state index contributed by atoms with van der Waals surface area (Å²) >= 11 is 0. The van der Waals surface area contributed by atoms with Crippen molar-refractivity contribution in [3.05, 3.63) is 0 Å². The molecule has 3 unspecified atom stereocenters. The molecule has 104 heavy (non-hydrogen) atoms. The molecule has 17 nitrogen and oxygen atoms in total. The molecule has 19 heteroatoms. The zero-order chi connectivity index (χ0) is 76.4. The molecule has 0 aromatic rings. The van der Waals surface area contributed by atoms with Crippen LogP contribution < -0.4 is 0 Å². The Balaban J connectivity index is 5.23. The molecular formula is C85H166O17P2. The summed E-state index contributed by atoms with van der Waals surface area (Å²) in [5.41, 5.74) is 0. The second kappa shape index (κ2) is 76.4. The van der Waals surface area contributed by atoms with Crippen molar-refractivity contribution in [2.45, 2.75) is 471 Å². The van der Waals surface area contributed by atoms with E-state index in [9.17, 15) is 43.2 Å². The fourth-order valence-corrected chi connectivity index (χ4v) is 14.8. The molecule has 0 radical (unpaired) electrons. The van der Waals surface area contributed by atoms with Crippen molar-refractivity contribution in [2.75, 3.05) is 39.6 Å². The lowest BCUT2D eigenvalue weighted by molar-refractivity contribution is -0.161. The van der Waals surface area contributed by atoms with Gasteiger partial charge in [-0.25, -0.2) is 9.13 Å². The summed E-state index contributed by atoms with van der Waals surface area (Å²) < 4.78 is 68.9. The summed E-state index contributed by atoms with van der Waals surface area (Å²) in [6.07, 6.45) is 67.9. The van der Waals surface area contributed by atoms with Gasteiger partial charge in [-0.05, 0) is 37.5 Å². The first-order chi connectivity index (χ1) is 50.4. The van der Waals surface area contributed by atoms with Gasteiger partial charge in [0.1, 0.15) is 19.3 Å². The van der Waals surface area contributed by atoms with Gasteiger partial charge in [0.15, 0.2) is 12.2 Å². The summed E-state index contributed by atoms with van der Waals surface area (Å²) in [6, 6.07) is 0. The molecule has 0 heterocycles. The van der Waals surface area contributed by atoms with E-state index >= 15 is 0 Å². The third kappa shape index (κ3) is 76.8. The minimum absolute atomic E-state index is 0.108. The predicted molar refractivity (Wildman–Crippen MR) is 428 cm³/mol. The Kier molecular flexibility index (Phi) is 75.0. The van der Waals surface area contributed by atoms with E-state index in [1.54, 1.807) is 0 Å². The lowest BCUT2D eigenvalue weighted by Crippen LogP contribution is -2.30. The Morgan fingerprint density at radius 1 is 0.279 bits per heavy atom. The van der Waals surface area contributed by atoms with Gasteiger partial charge in [0.25, 0.3) is 0 Å². The van der Waals surface area contributed by atoms with Gasteiger partial charge >= 0.3 is 39.5 Å². The van der Waals surface area contributed by atoms with Crippen molar-refractivity contribution in [1.82, 2.24) is 0 Å². The number of rotatable bonds is 84. The van der Waals surface area contributed by atoms with Crippen molar-refractivity contribution in [2.24, 2.45) is 11.8 Å². The monoisotopic (exact) mass is 1520 g/mol. The molecule has 0 aromatic carbocycles. The van der Waals surface area contributed by atoms with Crippen LogP contribution in [-0.2, 0) is 65.4 Å². The molecule has 0 saturated carbocycles. The third-order valence-corrected chi connectivity index (χ3v) is 22.2. The number of carbonyl (C=O) groups is 4. The number of phosphoric ester groups is 2. The predicted octanol–water partition coefficient (Wildman–Crippen LogP) is 25.8. The number of hydrogen-bond donors (Lipinski definition) is 3. The van der Waals surface area contributed by atoms with Crippen molar-refractivity contribution in [3.8, 4) is 0 Å². The van der Waals surface area contributed by atoms with Crippen LogP contribution in [0.4, 0.5) is 0 Å². The molecule has 0 saturated heterocycles. The van der Waals surface area contributed by atoms with E-state index in [0.29, 0.717) is 25.7 Å². The maximum Gasteiger partial charge on any atom is 0.472 e. The van der Waals surface area contributed by atoms with E-state index in [1.165, 1.54) is 270 Å². The average Bonchev–Trinajstić information content (AvgIpc) is 0.913. The summed E-state index contributed by atoms with van der Waals surface area (Å²) in [6.45, 7) is 9.73. The summed E-state index contributed by atoms with van der Waals surface area (Å²) in [7, 11) is -9.93. The zero-order valence-electron chi connectivity index (χ0n) is 68.3. The molecule has 3 N–H and O–H groups in total. The number of esters is 4. The Morgan fingerprint density at radius 3 is 0.731 bits per heavy atom. The number of aliphatic hydroxyl groups is 1. The van der Waals surface area contributed by atoms with Gasteiger partial charge in [0, 0.05) is 25.7 Å². The molecule has 6 atom stereocenters. The van der Waals surface area contributed by atoms with Crippen LogP contribution in [0.1, 0.15) is 452 Å². The Hall–Kier alpha value is -1.94. The van der Waals surface area contributed by atoms with Crippen LogP contribution in [0.15, 0.2) is 0 Å². The highest BCUT2D eigenvalue weighted by Crippen LogP contribution is 2.45. The van der Waals surface area contributed by atoms with Gasteiger partial charge in [-0.1, -0.05) is 401 Å². The number of unbranched alkanes of at least 4 members (excludes halogenated alkanes) is 53. The maximum atomic E-state index is 13.1. The molecule has 0 aromatic heterocycles. The highest BCUT2D eigenvalue weighted by atomic mass is 31.2. The van der Waals surface area contributed by atoms with Crippen LogP contribution in [0, 0.1) is 11.8 Å². The van der Waals surface area contributed by atoms with Crippen LogP contribution in [0.25, 0.3) is 0 Å². The van der Waals surface area contributed by atoms with E-state index in [-0.39, 0.29) is 25.7 Å². The first-order valence-electron chi connectivity index (χ1n) is 44.0. The highest BCUT2D eigenvalue weighted by molar-refractivity contribution is 7.47. The van der Waals surface area contributed by atoms with Crippen molar-refractivity contribution >= 4 is 39.5 Å². The maximum absolute atomic E-state index is 13.1. The number of hydrogen-bond acceptors (Lipinski definition) is 15. The van der Waals surface area contributed by atoms with E-state index < -0.39 is 97.5 Å². The van der Waals surface area contributed by atoms with Crippen molar-refractivity contribution in [1.29, 1.82) is 0 Å². The zero-order valence-corrected chi connectivity index (χ0v) is 70.1. The van der Waals surface area contributed by atoms with Gasteiger partial charge in [0.05, 0.1) is 26.4 Å². The fraction of sp³-hybridized carbons (Fsp3) is 0.953. The van der Waals surface area contributed by atoms with Crippen LogP contribution in [0.5, 0.6) is 0 Å². The summed E-state index contributed by atoms with van der Waals surface area (Å²) in [5, 5.41) is 10.7. The first-order valence-corrected chi connectivity index (χ1v) is 47.0. The van der Waals surface area contributed by atoms with E-state index in [4.69, 9.17) is 37.0 Å². The van der Waals surface area contributed by atoms with E-state index in [0.717, 1.165) is 102 Å². The Bertz CT molecular complexity index is 2000. The molecule has 0 rings (SSSR count). The van der Waals surface area contributed by atoms with Crippen molar-refractivity contribution in [3.63, 3.8) is 0 Å². The van der Waals surface area contributed by atoms with Crippen molar-refractivity contribution < 1.29 is 80.2 Å². The molecule has 0 spiro atoms. The molecule has 0 aliphatic carbocycles. The highest BCUT2D eigenvalue weighted by Gasteiger charge is 2.30. The lowest BCUT2D eigenvalue weighted by Gasteiger charge is -2.21. The smallest absolute Gasteiger partial charge is 0.462 e. The Labute approximate surface area is 638 Å². The molecule has 0 bridgehead atoms. The number of aliphatic hydroxyl groups excluding tert-OH is 1. The summed E-state index contributed by atoms with van der Waals surface area (Å²) in [4.78, 5) is 73.2. The number of ether oxygens (including phenoxy) is 4. The first kappa shape index (κ1) is 102. The van der Waals surface area contributed by atoms with Gasteiger partial charge in [0.2, 0.25) is 0 Å². The molecule has 0 fully saturated rings. The average molecular weight is 1520 g/mol. The molecule has 0 aliphatic heterocycles. The minimum Gasteiger partial charge on any atom is -0.462 e. The molecule has 0 aliphatic rings. The van der Waals surface area contributed by atoms with Gasteiger partial charge in [-0.3, -0.25) is 37.3 Å². The summed E-state index contributed by atoms with van der Waals surface area (Å²) in [5.74, 6) is -0.466. The second-order valence-corrected chi connectivity index (χ2v) is 34.2. The van der Waals surface area contributed by atoms with E-state index in [1.807, 2.05) is 0 Å². The third-order valence-electron chi connectivity index (χ3n) is 20.3. The molecular weight excluding hydrogens is 1350 g/mol. The van der Waals surface area contributed by atoms with Crippen LogP contribution in [0.2, 0.25) is 0 Å². The van der Waals surface area contributed by atoms with Gasteiger partial charge < -0.3 is 33.8 Å². The number of carbonyl (C=O) groups excluding carboxylic acids is 4. The quantitative estimate of drug-likeness (QED) is 0.0222. The lowest BCUT2D eigenvalue weighted by atomic mass is 9.99. The van der Waals surface area contributed by atoms with Crippen LogP contribution in [0.3, 0.4) is 0 Å². The SMILES string of the molecule is CCCCCCCCCCCCCCCCCCCCCCC(=O)O[C@H](COC(=O)CCCCCCCCCCCCCCCCC(C)CC)COP(=O)(O)OC[C@@H](O)COP(=O)(O)OC[C@@H](COC(=O)CCCCCCCCCCCC)OC(=O)CCCCCCCCCCCCCCCC(C)C. The van der Waals surface area contributed by atoms with Crippen LogP contribution in [-0.4, -0.2) is 96.7 Å². The van der Waals surface area contributed by atoms with Gasteiger partial charge in [-0.15, -0.1) is 0 Å². The normalized spacial score (nSPS) is 14.1.